The van der Waals surface area contributed by atoms with Crippen LogP contribution in [0.25, 0.3) is 6.08 Å². The number of hydrogen-bond acceptors (Lipinski definition) is 1. The van der Waals surface area contributed by atoms with E-state index in [1.807, 2.05) is 0 Å². The topological polar surface area (TPSA) is 23.8 Å². The van der Waals surface area contributed by atoms with Crippen molar-refractivity contribution < 1.29 is 4.39 Å². The second kappa shape index (κ2) is 3.89. The molecule has 0 radical (unpaired) electrons. The van der Waals surface area contributed by atoms with Crippen molar-refractivity contribution >= 4 is 17.7 Å². The number of nitriles is 1. The van der Waals surface area contributed by atoms with Crippen LogP contribution in [0.15, 0.2) is 24.3 Å². The van der Waals surface area contributed by atoms with Gasteiger partial charge in [0.25, 0.3) is 0 Å². The zero-order valence-electron chi connectivity index (χ0n) is 6.09. The Kier molecular flexibility index (Phi) is 2.84. The molecule has 60 valence electrons. The minimum Gasteiger partial charge on any atom is -0.205 e. The lowest BCUT2D eigenvalue weighted by atomic mass is 10.2. The van der Waals surface area contributed by atoms with Crippen LogP contribution in [0.5, 0.6) is 0 Å². The highest BCUT2D eigenvalue weighted by Crippen LogP contribution is 2.20. The van der Waals surface area contributed by atoms with Crippen molar-refractivity contribution in [2.75, 3.05) is 0 Å². The molecule has 1 rings (SSSR count). The molecule has 0 spiro atoms. The molecule has 0 fully saturated rings. The first-order chi connectivity index (χ1) is 5.75. The zero-order chi connectivity index (χ0) is 8.97. The van der Waals surface area contributed by atoms with E-state index in [0.29, 0.717) is 5.56 Å². The van der Waals surface area contributed by atoms with E-state index in [-0.39, 0.29) is 5.02 Å². The molecule has 1 nitrogen and oxygen atoms in total. The van der Waals surface area contributed by atoms with E-state index in [2.05, 4.69) is 0 Å². The van der Waals surface area contributed by atoms with Gasteiger partial charge in [-0.3, -0.25) is 0 Å². The molecule has 0 saturated carbocycles. The maximum Gasteiger partial charge on any atom is 0.142 e. The maximum absolute atomic E-state index is 12.8. The summed E-state index contributed by atoms with van der Waals surface area (Å²) < 4.78 is 12.8. The quantitative estimate of drug-likeness (QED) is 0.611. The summed E-state index contributed by atoms with van der Waals surface area (Å²) >= 11 is 5.59. The van der Waals surface area contributed by atoms with Gasteiger partial charge in [-0.05, 0) is 17.7 Å². The van der Waals surface area contributed by atoms with Gasteiger partial charge in [-0.1, -0.05) is 23.7 Å². The number of halogens is 2. The minimum absolute atomic E-state index is 0.0454. The van der Waals surface area contributed by atoms with Crippen LogP contribution in [0.1, 0.15) is 5.56 Å². The van der Waals surface area contributed by atoms with Crippen LogP contribution in [0.4, 0.5) is 4.39 Å². The third-order valence-electron chi connectivity index (χ3n) is 1.32. The molecule has 0 aliphatic rings. The molecule has 1 aromatic carbocycles. The smallest absolute Gasteiger partial charge is 0.142 e. The Balaban J connectivity index is 3.10. The summed E-state index contributed by atoms with van der Waals surface area (Å²) in [5.41, 5.74) is 0.512. The number of benzene rings is 1. The molecule has 0 aromatic heterocycles. The molecule has 0 heterocycles. The van der Waals surface area contributed by atoms with Crippen LogP contribution in [0.3, 0.4) is 0 Å². The van der Waals surface area contributed by atoms with Crippen LogP contribution < -0.4 is 0 Å². The van der Waals surface area contributed by atoms with Crippen molar-refractivity contribution in [3.05, 3.63) is 40.7 Å². The average molecular weight is 182 g/mol. The van der Waals surface area contributed by atoms with E-state index >= 15 is 0 Å². The zero-order valence-corrected chi connectivity index (χ0v) is 6.85. The fraction of sp³-hybridized carbons (Fsp3) is 0. The number of allylic oxidation sites excluding steroid dienone is 1. The first kappa shape index (κ1) is 8.76. The molecule has 0 aliphatic heterocycles. The Hall–Kier alpha value is -1.33. The molecule has 1 aromatic rings. The van der Waals surface area contributed by atoms with Gasteiger partial charge in [0.2, 0.25) is 0 Å². The van der Waals surface area contributed by atoms with Gasteiger partial charge in [-0.2, -0.15) is 5.26 Å². The molecule has 0 atom stereocenters. The van der Waals surface area contributed by atoms with E-state index in [1.54, 1.807) is 12.1 Å². The van der Waals surface area contributed by atoms with E-state index in [9.17, 15) is 4.39 Å². The molecule has 3 heteroatoms. The standard InChI is InChI=1S/C9H5ClFN/c10-9-7(4-2-6-12)3-1-5-8(9)11/h1-5H. The van der Waals surface area contributed by atoms with Gasteiger partial charge in [-0.15, -0.1) is 0 Å². The lowest BCUT2D eigenvalue weighted by Crippen LogP contribution is -1.79. The molecule has 12 heavy (non-hydrogen) atoms. The second-order valence-corrected chi connectivity index (χ2v) is 2.48. The first-order valence-electron chi connectivity index (χ1n) is 3.26. The Morgan fingerprint density at radius 2 is 2.25 bits per heavy atom. The summed E-state index contributed by atoms with van der Waals surface area (Å²) in [6.07, 6.45) is 2.71. The van der Waals surface area contributed by atoms with Crippen molar-refractivity contribution in [2.24, 2.45) is 0 Å². The van der Waals surface area contributed by atoms with E-state index < -0.39 is 5.82 Å². The highest BCUT2D eigenvalue weighted by atomic mass is 35.5. The predicted octanol–water partition coefficient (Wildman–Crippen LogP) is 3.02. The fourth-order valence-electron chi connectivity index (χ4n) is 0.776. The summed E-state index contributed by atoms with van der Waals surface area (Å²) in [6.45, 7) is 0. The lowest BCUT2D eigenvalue weighted by Gasteiger charge is -1.96. The van der Waals surface area contributed by atoms with Crippen LogP contribution >= 0.6 is 11.6 Å². The normalized spacial score (nSPS) is 10.1. The molecule has 0 saturated heterocycles. The van der Waals surface area contributed by atoms with E-state index in [0.717, 1.165) is 0 Å². The van der Waals surface area contributed by atoms with Gasteiger partial charge in [-0.25, -0.2) is 4.39 Å². The minimum atomic E-state index is -0.475. The molecule has 0 amide bonds. The molecular formula is C9H5ClFN. The van der Waals surface area contributed by atoms with Crippen molar-refractivity contribution in [2.45, 2.75) is 0 Å². The predicted molar refractivity (Wildman–Crippen MR) is 46.1 cm³/mol. The van der Waals surface area contributed by atoms with Crippen molar-refractivity contribution in [1.29, 1.82) is 5.26 Å². The number of rotatable bonds is 1. The average Bonchev–Trinajstić information content (AvgIpc) is 2.08. The fourth-order valence-corrected chi connectivity index (χ4v) is 0.965. The maximum atomic E-state index is 12.8. The van der Waals surface area contributed by atoms with Crippen LogP contribution in [-0.4, -0.2) is 0 Å². The van der Waals surface area contributed by atoms with Crippen molar-refractivity contribution in [3.63, 3.8) is 0 Å². The third-order valence-corrected chi connectivity index (χ3v) is 1.72. The summed E-state index contributed by atoms with van der Waals surface area (Å²) in [5.74, 6) is -0.475. The van der Waals surface area contributed by atoms with E-state index in [1.165, 1.54) is 24.3 Å². The third kappa shape index (κ3) is 1.84. The first-order valence-corrected chi connectivity index (χ1v) is 3.63. The van der Waals surface area contributed by atoms with Gasteiger partial charge < -0.3 is 0 Å². The Labute approximate surface area is 74.7 Å². The van der Waals surface area contributed by atoms with Crippen LogP contribution in [-0.2, 0) is 0 Å². The highest BCUT2D eigenvalue weighted by molar-refractivity contribution is 6.32. The monoisotopic (exact) mass is 181 g/mol. The molecule has 0 N–H and O–H groups in total. The van der Waals surface area contributed by atoms with Crippen molar-refractivity contribution in [1.82, 2.24) is 0 Å². The summed E-state index contributed by atoms with van der Waals surface area (Å²) in [7, 11) is 0. The SMILES string of the molecule is N#CC=Cc1cccc(F)c1Cl. The van der Waals surface area contributed by atoms with Crippen LogP contribution in [0, 0.1) is 17.1 Å². The van der Waals surface area contributed by atoms with Gasteiger partial charge in [0.15, 0.2) is 0 Å². The lowest BCUT2D eigenvalue weighted by molar-refractivity contribution is 0.628. The largest absolute Gasteiger partial charge is 0.205 e. The van der Waals surface area contributed by atoms with E-state index in [4.69, 9.17) is 16.9 Å². The van der Waals surface area contributed by atoms with Crippen LogP contribution in [0.2, 0.25) is 5.02 Å². The Morgan fingerprint density at radius 3 is 2.92 bits per heavy atom. The van der Waals surface area contributed by atoms with Gasteiger partial charge in [0, 0.05) is 6.08 Å². The molecule has 0 bridgehead atoms. The highest BCUT2D eigenvalue weighted by Gasteiger charge is 2.01. The van der Waals surface area contributed by atoms with Crippen molar-refractivity contribution in [3.8, 4) is 6.07 Å². The Bertz CT molecular complexity index is 352. The Morgan fingerprint density at radius 1 is 1.50 bits per heavy atom. The van der Waals surface area contributed by atoms with Gasteiger partial charge >= 0.3 is 0 Å². The second-order valence-electron chi connectivity index (χ2n) is 2.11. The summed E-state index contributed by atoms with van der Waals surface area (Å²) in [5, 5.41) is 8.26. The van der Waals surface area contributed by atoms with Gasteiger partial charge in [0.05, 0.1) is 11.1 Å². The number of hydrogen-bond donors (Lipinski definition) is 0. The molecular weight excluding hydrogens is 177 g/mol. The molecule has 0 unspecified atom stereocenters. The summed E-state index contributed by atoms with van der Waals surface area (Å²) in [4.78, 5) is 0. The van der Waals surface area contributed by atoms with Gasteiger partial charge in [0.1, 0.15) is 5.82 Å². The molecule has 0 aliphatic carbocycles. The number of nitrogens with zero attached hydrogens (tertiary/aromatic N) is 1. The summed E-state index contributed by atoms with van der Waals surface area (Å²) in [6, 6.07) is 6.25.